The van der Waals surface area contributed by atoms with Crippen molar-refractivity contribution in [1.29, 1.82) is 0 Å². The molecule has 0 saturated carbocycles. The van der Waals surface area contributed by atoms with E-state index in [9.17, 15) is 127 Å². The summed E-state index contributed by atoms with van der Waals surface area (Å²) in [4.78, 5) is 212. The predicted molar refractivity (Wildman–Crippen MR) is 275 cm³/mol. The second kappa shape index (κ2) is 51.9. The second-order valence-corrected chi connectivity index (χ2v) is 16.6. The molecule has 0 aromatic carbocycles. The number of phosphoric ester groups is 1. The number of aromatic amines is 4. The molecule has 6 rings (SSSR count). The molecule has 0 bridgehead atoms. The van der Waals surface area contributed by atoms with E-state index in [1.807, 2.05) is 30.6 Å². The number of hydrogen-bond donors (Lipinski definition) is 14. The van der Waals surface area contributed by atoms with Crippen LogP contribution in [0, 0.1) is 14.9 Å². The molecule has 3 aliphatic rings. The number of primary amides is 2. The Morgan fingerprint density at radius 1 is 0.789 bits per heavy atom. The first-order chi connectivity index (χ1) is 41.8. The smallest absolute Gasteiger partial charge is 0.407 e. The Kier molecular flexibility index (Phi) is 55.4. The van der Waals surface area contributed by atoms with Gasteiger partial charge in [-0.15, -0.1) is 0 Å². The van der Waals surface area contributed by atoms with Crippen molar-refractivity contribution in [3.63, 3.8) is 0 Å². The molecule has 3 aromatic rings. The zero-order valence-electron chi connectivity index (χ0n) is 48.9. The van der Waals surface area contributed by atoms with Gasteiger partial charge in [0, 0.05) is 73.6 Å². The number of nitrogens with two attached hydrogens (primary N) is 2. The average Bonchev–Trinajstić information content (AvgIpc) is 1.70. The molecule has 51 nitrogen and oxygen atoms in total. The molecule has 2 radical (unpaired) electrons. The minimum atomic E-state index is -5.20. The van der Waals surface area contributed by atoms with E-state index in [1.54, 1.807) is 5.32 Å². The number of rotatable bonds is 15. The van der Waals surface area contributed by atoms with E-state index in [0.29, 0.717) is 10.6 Å². The molecule has 550 valence electrons. The number of imide groups is 1. The molecule has 54 heteroatoms. The van der Waals surface area contributed by atoms with Gasteiger partial charge >= 0.3 is 47.3 Å². The van der Waals surface area contributed by atoms with Gasteiger partial charge in [0.15, 0.2) is 12.5 Å². The number of phosphoric acid groups is 1. The number of H-pyrrole nitrogens is 4. The van der Waals surface area contributed by atoms with Crippen molar-refractivity contribution in [2.24, 2.45) is 11.5 Å². The summed E-state index contributed by atoms with van der Waals surface area (Å²) in [5.41, 5.74) is 8.75. The van der Waals surface area contributed by atoms with Gasteiger partial charge < -0.3 is 171 Å². The Hall–Kier alpha value is -9.60. The number of aromatic nitrogens is 6. The summed E-state index contributed by atoms with van der Waals surface area (Å²) < 4.78 is 38.9. The normalized spacial score (nSPS) is 19.0. The van der Waals surface area contributed by atoms with Crippen LogP contribution in [0.2, 0.25) is 0 Å². The largest absolute Gasteiger partial charge is 0.780 e. The van der Waals surface area contributed by atoms with Crippen LogP contribution < -0.4 is 96.6 Å². The first kappa shape index (κ1) is 102. The number of carbonyl (C=O) groups is 10. The van der Waals surface area contributed by atoms with Crippen molar-refractivity contribution >= 4 is 74.4 Å². The molecular formula is C41H59Co2N11O40P-9. The number of hydrogen-bond acceptors (Lipinski definition) is 36. The molecule has 10 atom stereocenters. The van der Waals surface area contributed by atoms with Crippen LogP contribution in [0.25, 0.3) is 0 Å². The second-order valence-electron chi connectivity index (χ2n) is 15.5. The standard InChI is InChI=1S/C11H14N2O8.C10H14N2O6.C5H8N2O5.C5H6N2O4.C5H4N2O4.CH4NO5P.CH2O3.CO2.2CH3.2Co.3H2O.H2/c1-20-3-5-7(15)8(16)9(21-5)13-4(10(17)18)2-6(14)12-11(13)19;1-17-4-5-7(14)8(15)9(18-5)12-3-2-6(13)11-10(12)16;6-5(12)7-2(4(10)11)1-3(8)9;2*8-3-1-2(4(9)10)6-5(11)7-3;2-1(3)7-8(4,5)6;2-1-4-3;2-1-3;;;;;;;;/h2,5,7-9,15-16H,3H2,1H3,(H,17,18)(H,12,14,19);2-3,5,7-9,14-15H,4H2,1H3,(H,11,13,16);2H,1H2,(H,8,9)(H,10,11)(H3,6,7,12);2H,1H2,(H,9,10)(H2,6,7,8,11);1H,(H,9,10)(H2,6,7,8,11);(H2,2,3)(H2,4,5,6);1,3H;;2*1H3;;;3*1H2;1H/q;;;;;;;;2*-1;;;;;;/p-7/t2*5-,7?,8+,9-;;;;;;;;;;;;;;/m11............../s1/i;;;;;;;;;;;;;;;1+1/hD. The molecule has 6 amide bonds. The summed E-state index contributed by atoms with van der Waals surface area (Å²) >= 11 is 0. The summed E-state index contributed by atoms with van der Waals surface area (Å²) in [7, 11) is -2.42. The molecule has 4 unspecified atom stereocenters. The number of carboxylic acid groups (broad SMARTS) is 5. The van der Waals surface area contributed by atoms with Gasteiger partial charge in [-0.25, -0.2) is 28.8 Å². The van der Waals surface area contributed by atoms with Crippen LogP contribution in [0.3, 0.4) is 0 Å². The Balaban J connectivity index is -0.000000115. The fourth-order valence-electron chi connectivity index (χ4n) is 6.03. The van der Waals surface area contributed by atoms with Crippen LogP contribution in [0.15, 0.2) is 53.2 Å². The molecule has 3 aromatic heterocycles. The molecule has 3 saturated heterocycles. The fraction of sp³-hybridized carbons (Fsp3) is 0.390. The number of carbonyl (C=O) groups excluding carboxylic acids is 11. The fourth-order valence-corrected chi connectivity index (χ4v) is 6.25. The Labute approximate surface area is 548 Å². The Bertz CT molecular complexity index is 3320. The van der Waals surface area contributed by atoms with E-state index in [0.717, 1.165) is 16.7 Å². The zero-order chi connectivity index (χ0) is 70.5. The van der Waals surface area contributed by atoms with Gasteiger partial charge in [-0.2, -0.15) is 9.59 Å². The summed E-state index contributed by atoms with van der Waals surface area (Å²) in [5, 5.41) is 103. The van der Waals surface area contributed by atoms with E-state index in [2.05, 4.69) is 20.9 Å². The van der Waals surface area contributed by atoms with E-state index in [4.69, 9.17) is 50.6 Å². The number of aliphatic carboxylic acids is 3. The number of urea groups is 2. The first-order valence-electron chi connectivity index (χ1n) is 22.7. The molecule has 95 heavy (non-hydrogen) atoms. The number of nitrogens with zero attached hydrogens (tertiary/aromatic N) is 2. The van der Waals surface area contributed by atoms with Crippen LogP contribution in [0.5, 0.6) is 0 Å². The van der Waals surface area contributed by atoms with Gasteiger partial charge in [0.05, 0.1) is 73.4 Å². The van der Waals surface area contributed by atoms with Gasteiger partial charge in [0.1, 0.15) is 44.4 Å². The van der Waals surface area contributed by atoms with Crippen molar-refractivity contribution in [3.8, 4) is 0 Å². The minimum absolute atomic E-state index is 0. The summed E-state index contributed by atoms with van der Waals surface area (Å²) in [6, 6.07) is -2.19. The number of amides is 6. The number of aromatic carboxylic acids is 2. The van der Waals surface area contributed by atoms with Gasteiger partial charge in [0.25, 0.3) is 23.2 Å². The SMILES string of the molecule is COC[C@H]1O[C@@H](n2c(C(=O)[O-])cc(=O)[nH]c2=O)[C@@H](O)C1O.COC[C@H]1O[C@@H](n2ccc(=O)[nH]c2=O)[C@@H](O)C1O.NC(=O)NC(CC(=O)O)C(=O)[O-].NC(=O)OP(=O)([O-])[O-].O.O.O=C([O-])c1cc(=O)[nH]c(=O)[nH]1.O=C1CC(C(=O)[O-])NC(=O)N1.O=C=O.O=CO[O-].[2HH].[2H]O.[CH3-].[CH3-].[Co].[Co]. The third kappa shape index (κ3) is 40.2. The van der Waals surface area contributed by atoms with Gasteiger partial charge in [-0.3, -0.25) is 58.2 Å². The van der Waals surface area contributed by atoms with Gasteiger partial charge in [0.2, 0.25) is 7.34 Å². The maximum atomic E-state index is 11.8. The van der Waals surface area contributed by atoms with E-state index in [-0.39, 0.29) is 93.0 Å². The van der Waals surface area contributed by atoms with Crippen LogP contribution >= 0.6 is 7.82 Å². The topological polar surface area (TPSA) is 898 Å². The molecular weight excluding hydrogens is 1440 g/mol. The number of nitrogens with one attached hydrogen (secondary N) is 7. The van der Waals surface area contributed by atoms with Crippen LogP contribution in [0.4, 0.5) is 14.4 Å². The monoisotopic (exact) mass is 1500 g/mol. The summed E-state index contributed by atoms with van der Waals surface area (Å²) in [6.45, 7) is -0.166. The Morgan fingerprint density at radius 2 is 1.24 bits per heavy atom. The molecule has 0 spiro atoms. The number of methoxy groups -OCH3 is 2. The molecule has 0 aliphatic carbocycles. The third-order valence-electron chi connectivity index (χ3n) is 9.33. The number of ether oxygens (including phenoxy) is 4. The number of carboxylic acids is 5. The van der Waals surface area contributed by atoms with Crippen molar-refractivity contribution in [2.45, 2.75) is 74.0 Å². The quantitative estimate of drug-likeness (QED) is 0.0221. The molecule has 22 N–H and O–H groups in total. The van der Waals surface area contributed by atoms with Crippen molar-refractivity contribution in [2.75, 3.05) is 27.4 Å². The van der Waals surface area contributed by atoms with Crippen molar-refractivity contribution < 1.29 is 204 Å². The van der Waals surface area contributed by atoms with Gasteiger partial charge in [-0.05, 0) is 0 Å². The average molecular weight is 1500 g/mol. The summed E-state index contributed by atoms with van der Waals surface area (Å²) in [5.74, 6) is -8.49. The van der Waals surface area contributed by atoms with Crippen molar-refractivity contribution in [1.82, 2.24) is 45.0 Å². The predicted octanol–water partition coefficient (Wildman–Crippen LogP) is -19.6. The van der Waals surface area contributed by atoms with Crippen LogP contribution in [-0.2, 0) is 100 Å². The molecule has 3 fully saturated rings. The van der Waals surface area contributed by atoms with E-state index in [1.165, 1.54) is 20.4 Å². The summed E-state index contributed by atoms with van der Waals surface area (Å²) in [6.07, 6.45) is -10.8. The zero-order valence-corrected chi connectivity index (χ0v) is 50.9. The minimum Gasteiger partial charge on any atom is -0.780 e. The number of aliphatic hydroxyl groups is 4. The molecule has 3 aliphatic heterocycles. The maximum Gasteiger partial charge on any atom is 0.407 e. The van der Waals surface area contributed by atoms with Crippen molar-refractivity contribution in [3.05, 3.63) is 113 Å². The molecule has 6 heterocycles. The van der Waals surface area contributed by atoms with Crippen LogP contribution in [0.1, 0.15) is 49.1 Å². The van der Waals surface area contributed by atoms with Gasteiger partial charge in [-0.1, -0.05) is 0 Å². The number of aliphatic hydroxyl groups excluding tert-OH is 4. The van der Waals surface area contributed by atoms with E-state index < -0.39 is 174 Å². The maximum absolute atomic E-state index is 11.8. The third-order valence-corrected chi connectivity index (χ3v) is 9.74. The first-order valence-corrected chi connectivity index (χ1v) is 23.7. The van der Waals surface area contributed by atoms with E-state index >= 15 is 0 Å². The van der Waals surface area contributed by atoms with Crippen LogP contribution in [-0.4, -0.2) is 214 Å². The Morgan fingerprint density at radius 3 is 1.59 bits per heavy atom.